The summed E-state index contributed by atoms with van der Waals surface area (Å²) >= 11 is 9.82. The monoisotopic (exact) mass is 555 g/mol. The number of ether oxygens (including phenoxy) is 1. The molecule has 1 spiro atoms. The van der Waals surface area contributed by atoms with E-state index in [1.54, 1.807) is 42.2 Å². The van der Waals surface area contributed by atoms with E-state index in [-0.39, 0.29) is 35.8 Å². The number of ketones is 1. The largest absolute Gasteiger partial charge is 0.462 e. The van der Waals surface area contributed by atoms with Crippen LogP contribution in [0.4, 0.5) is 11.4 Å². The van der Waals surface area contributed by atoms with Gasteiger partial charge in [0.25, 0.3) is 0 Å². The Labute approximate surface area is 216 Å². The Morgan fingerprint density at radius 1 is 1.23 bits per heavy atom. The molecule has 2 aromatic carbocycles. The zero-order chi connectivity index (χ0) is 25.1. The number of hydrogen-bond donors (Lipinski definition) is 2. The highest BCUT2D eigenvalue weighted by Crippen LogP contribution is 2.56. The van der Waals surface area contributed by atoms with Crippen molar-refractivity contribution in [3.8, 4) is 0 Å². The van der Waals surface area contributed by atoms with Crippen LogP contribution in [0.15, 0.2) is 63.5 Å². The summed E-state index contributed by atoms with van der Waals surface area (Å²) in [6.07, 6.45) is 1.36. The minimum atomic E-state index is -1.72. The Hall–Kier alpha value is -3.10. The minimum absolute atomic E-state index is 0.0465. The summed E-state index contributed by atoms with van der Waals surface area (Å²) in [5, 5.41) is 3.36. The molecule has 1 aliphatic carbocycles. The van der Waals surface area contributed by atoms with Crippen LogP contribution in [0.3, 0.4) is 0 Å². The van der Waals surface area contributed by atoms with Crippen molar-refractivity contribution in [3.63, 3.8) is 0 Å². The fraction of sp³-hybridized carbons (Fsp3) is 0.269. The molecule has 1 unspecified atom stereocenters. The molecule has 0 bridgehead atoms. The topological polar surface area (TPSA) is 102 Å². The molecule has 9 heteroatoms. The minimum Gasteiger partial charge on any atom is -0.462 e. The number of rotatable bonds is 3. The lowest BCUT2D eigenvalue weighted by Gasteiger charge is -2.44. The first-order valence-corrected chi connectivity index (χ1v) is 12.5. The molecular formula is C26H23BrClN3O4. The van der Waals surface area contributed by atoms with Crippen LogP contribution in [0.5, 0.6) is 0 Å². The molecule has 5 rings (SSSR count). The predicted molar refractivity (Wildman–Crippen MR) is 137 cm³/mol. The zero-order valence-corrected chi connectivity index (χ0v) is 21.5. The van der Waals surface area contributed by atoms with Gasteiger partial charge >= 0.3 is 5.97 Å². The highest BCUT2D eigenvalue weighted by Gasteiger charge is 2.62. The maximum Gasteiger partial charge on any atom is 0.339 e. The SMILES string of the molecule is CCOC(=O)C1=C(N)N(c2cc(Cl)ccc2C)C2=C(C(=O)CCC2)C12C(=O)Nc1ccc(Br)cc12. The molecule has 2 heterocycles. The number of allylic oxidation sites excluding steroid dienone is 1. The van der Waals surface area contributed by atoms with Gasteiger partial charge in [-0.05, 0) is 62.6 Å². The first kappa shape index (κ1) is 23.6. The highest BCUT2D eigenvalue weighted by molar-refractivity contribution is 9.10. The molecule has 0 radical (unpaired) electrons. The normalized spacial score (nSPS) is 21.3. The summed E-state index contributed by atoms with van der Waals surface area (Å²) in [6, 6.07) is 10.6. The molecule has 3 aliphatic rings. The lowest BCUT2D eigenvalue weighted by Crippen LogP contribution is -2.53. The van der Waals surface area contributed by atoms with Gasteiger partial charge in [0.1, 0.15) is 16.8 Å². The number of fused-ring (bicyclic) bond motifs is 3. The second-order valence-corrected chi connectivity index (χ2v) is 10.1. The highest BCUT2D eigenvalue weighted by atomic mass is 79.9. The van der Waals surface area contributed by atoms with Crippen molar-refractivity contribution in [1.82, 2.24) is 0 Å². The van der Waals surface area contributed by atoms with Crippen molar-refractivity contribution in [1.29, 1.82) is 0 Å². The quantitative estimate of drug-likeness (QED) is 0.524. The second kappa shape index (κ2) is 8.53. The van der Waals surface area contributed by atoms with Gasteiger partial charge in [0.05, 0.1) is 12.3 Å². The molecule has 1 atom stereocenters. The number of hydrogen-bond acceptors (Lipinski definition) is 6. The Balaban J connectivity index is 1.93. The third-order valence-electron chi connectivity index (χ3n) is 6.77. The number of benzene rings is 2. The van der Waals surface area contributed by atoms with Crippen molar-refractivity contribution in [2.24, 2.45) is 5.73 Å². The molecular weight excluding hydrogens is 534 g/mol. The summed E-state index contributed by atoms with van der Waals surface area (Å²) in [4.78, 5) is 42.9. The van der Waals surface area contributed by atoms with E-state index in [0.717, 1.165) is 5.56 Å². The molecule has 2 aromatic rings. The van der Waals surface area contributed by atoms with Gasteiger partial charge in [-0.25, -0.2) is 4.79 Å². The maximum absolute atomic E-state index is 13.9. The Morgan fingerprint density at radius 3 is 2.74 bits per heavy atom. The summed E-state index contributed by atoms with van der Waals surface area (Å²) in [5.41, 5.74) is 8.37. The van der Waals surface area contributed by atoms with E-state index >= 15 is 0 Å². The number of esters is 1. The standard InChI is InChI=1S/C26H23BrClN3O4/c1-3-35-24(33)22-23(29)31(19-12-15(28)9-7-13(19)2)18-5-4-6-20(32)21(18)26(22)16-11-14(27)8-10-17(16)30-25(26)34/h7-12H,3-6,29H2,1-2H3,(H,30,34). The molecule has 3 N–H and O–H groups in total. The molecule has 0 aromatic heterocycles. The number of halogens is 2. The van der Waals surface area contributed by atoms with Crippen LogP contribution < -0.4 is 16.0 Å². The number of carbonyl (C=O) groups excluding carboxylic acids is 3. The van der Waals surface area contributed by atoms with Crippen LogP contribution >= 0.6 is 27.5 Å². The molecule has 1 amide bonds. The summed E-state index contributed by atoms with van der Waals surface area (Å²) in [5.74, 6) is -1.40. The maximum atomic E-state index is 13.9. The van der Waals surface area contributed by atoms with Crippen LogP contribution in [-0.2, 0) is 24.5 Å². The van der Waals surface area contributed by atoms with Crippen molar-refractivity contribution in [2.75, 3.05) is 16.8 Å². The lowest BCUT2D eigenvalue weighted by atomic mass is 9.63. The second-order valence-electron chi connectivity index (χ2n) is 8.74. The van der Waals surface area contributed by atoms with Gasteiger partial charge < -0.3 is 15.8 Å². The van der Waals surface area contributed by atoms with Crippen molar-refractivity contribution < 1.29 is 19.1 Å². The van der Waals surface area contributed by atoms with Crippen LogP contribution in [0.1, 0.15) is 37.3 Å². The molecule has 0 saturated carbocycles. The number of aryl methyl sites for hydroxylation is 1. The van der Waals surface area contributed by atoms with Crippen LogP contribution in [0.2, 0.25) is 5.02 Å². The summed E-state index contributed by atoms with van der Waals surface area (Å²) < 4.78 is 6.13. The number of anilines is 2. The van der Waals surface area contributed by atoms with E-state index in [0.29, 0.717) is 45.0 Å². The average molecular weight is 557 g/mol. The summed E-state index contributed by atoms with van der Waals surface area (Å²) in [6.45, 7) is 3.65. The van der Waals surface area contributed by atoms with E-state index < -0.39 is 17.3 Å². The number of nitrogens with one attached hydrogen (secondary N) is 1. The number of amides is 1. The van der Waals surface area contributed by atoms with Crippen LogP contribution in [0.25, 0.3) is 0 Å². The van der Waals surface area contributed by atoms with E-state index in [4.69, 9.17) is 22.1 Å². The third-order valence-corrected chi connectivity index (χ3v) is 7.50. The Bertz CT molecular complexity index is 1380. The summed E-state index contributed by atoms with van der Waals surface area (Å²) in [7, 11) is 0. The first-order valence-electron chi connectivity index (χ1n) is 11.3. The van der Waals surface area contributed by atoms with Gasteiger partial charge in [0.15, 0.2) is 5.78 Å². The Morgan fingerprint density at radius 2 is 2.00 bits per heavy atom. The van der Waals surface area contributed by atoms with E-state index in [1.807, 2.05) is 13.0 Å². The number of Topliss-reactive ketones (excluding diaryl/α,β-unsaturated/α-hetero) is 1. The fourth-order valence-electron chi connectivity index (χ4n) is 5.38. The third kappa shape index (κ3) is 3.34. The van der Waals surface area contributed by atoms with Crippen LogP contribution in [-0.4, -0.2) is 24.3 Å². The van der Waals surface area contributed by atoms with Gasteiger partial charge in [-0.1, -0.05) is 33.6 Å². The van der Waals surface area contributed by atoms with Gasteiger partial charge in [0.2, 0.25) is 5.91 Å². The number of carbonyl (C=O) groups is 3. The van der Waals surface area contributed by atoms with E-state index in [9.17, 15) is 14.4 Å². The molecule has 2 aliphatic heterocycles. The molecule has 0 fully saturated rings. The fourth-order valence-corrected chi connectivity index (χ4v) is 5.91. The predicted octanol–water partition coefficient (Wildman–Crippen LogP) is 4.86. The Kier molecular flexibility index (Phi) is 5.76. The number of nitrogens with two attached hydrogens (primary N) is 1. The van der Waals surface area contributed by atoms with Crippen molar-refractivity contribution in [2.45, 2.75) is 38.5 Å². The van der Waals surface area contributed by atoms with Crippen LogP contribution in [0, 0.1) is 6.92 Å². The van der Waals surface area contributed by atoms with Crippen molar-refractivity contribution in [3.05, 3.63) is 79.7 Å². The zero-order valence-electron chi connectivity index (χ0n) is 19.2. The van der Waals surface area contributed by atoms with Gasteiger partial charge in [-0.2, -0.15) is 0 Å². The molecule has 0 saturated heterocycles. The molecule has 180 valence electrons. The van der Waals surface area contributed by atoms with Crippen molar-refractivity contribution >= 4 is 56.6 Å². The van der Waals surface area contributed by atoms with Gasteiger partial charge in [0, 0.05) is 38.4 Å². The van der Waals surface area contributed by atoms with Gasteiger partial charge in [-0.3, -0.25) is 14.5 Å². The number of nitrogens with zero attached hydrogens (tertiary/aromatic N) is 1. The average Bonchev–Trinajstić information content (AvgIpc) is 3.08. The molecule has 7 nitrogen and oxygen atoms in total. The lowest BCUT2D eigenvalue weighted by molar-refractivity contribution is -0.140. The molecule has 35 heavy (non-hydrogen) atoms. The smallest absolute Gasteiger partial charge is 0.339 e. The van der Waals surface area contributed by atoms with E-state index in [1.165, 1.54) is 0 Å². The van der Waals surface area contributed by atoms with Gasteiger partial charge in [-0.15, -0.1) is 0 Å². The van der Waals surface area contributed by atoms with E-state index in [2.05, 4.69) is 21.2 Å². The first-order chi connectivity index (χ1) is 16.7.